The molecule has 0 heterocycles. The van der Waals surface area contributed by atoms with Gasteiger partial charge in [0.25, 0.3) is 0 Å². The summed E-state index contributed by atoms with van der Waals surface area (Å²) in [5, 5.41) is 2.57. The van der Waals surface area contributed by atoms with Crippen molar-refractivity contribution >= 4 is 27.5 Å². The number of benzene rings is 2. The van der Waals surface area contributed by atoms with Crippen LogP contribution in [0.15, 0.2) is 46.9 Å². The van der Waals surface area contributed by atoms with E-state index in [1.165, 1.54) is 36.4 Å². The molecule has 0 atom stereocenters. The van der Waals surface area contributed by atoms with Gasteiger partial charge in [-0.15, -0.1) is 0 Å². The van der Waals surface area contributed by atoms with Crippen LogP contribution in [0.3, 0.4) is 0 Å². The van der Waals surface area contributed by atoms with Gasteiger partial charge in [0.15, 0.2) is 0 Å². The van der Waals surface area contributed by atoms with E-state index >= 15 is 0 Å². The van der Waals surface area contributed by atoms with E-state index in [0.717, 1.165) is 0 Å². The standard InChI is InChI=1S/C14H10BrF2NO/c15-12-5-4-11(17)8-13(12)18-14(19)7-9-2-1-3-10(16)6-9/h1-6,8H,7H2,(H,18,19). The van der Waals surface area contributed by atoms with Gasteiger partial charge in [0.1, 0.15) is 11.6 Å². The van der Waals surface area contributed by atoms with Crippen molar-refractivity contribution in [1.82, 2.24) is 0 Å². The first-order valence-corrected chi connectivity index (χ1v) is 6.33. The van der Waals surface area contributed by atoms with Crippen molar-refractivity contribution in [3.63, 3.8) is 0 Å². The lowest BCUT2D eigenvalue weighted by Gasteiger charge is -2.07. The Morgan fingerprint density at radius 1 is 1.11 bits per heavy atom. The molecule has 2 aromatic carbocycles. The van der Waals surface area contributed by atoms with Gasteiger partial charge >= 0.3 is 0 Å². The molecule has 2 nitrogen and oxygen atoms in total. The predicted molar refractivity (Wildman–Crippen MR) is 72.8 cm³/mol. The van der Waals surface area contributed by atoms with Crippen LogP contribution in [0.1, 0.15) is 5.56 Å². The number of carbonyl (C=O) groups excluding carboxylic acids is 1. The molecule has 0 spiro atoms. The Morgan fingerprint density at radius 3 is 2.58 bits per heavy atom. The highest BCUT2D eigenvalue weighted by atomic mass is 79.9. The fraction of sp³-hybridized carbons (Fsp3) is 0.0714. The first kappa shape index (κ1) is 13.7. The number of anilines is 1. The molecular formula is C14H10BrF2NO. The van der Waals surface area contributed by atoms with Crippen LogP contribution in [0.25, 0.3) is 0 Å². The molecular weight excluding hydrogens is 316 g/mol. The van der Waals surface area contributed by atoms with Crippen molar-refractivity contribution in [2.75, 3.05) is 5.32 Å². The zero-order chi connectivity index (χ0) is 13.8. The minimum atomic E-state index is -0.441. The van der Waals surface area contributed by atoms with E-state index < -0.39 is 11.6 Å². The van der Waals surface area contributed by atoms with Crippen molar-refractivity contribution in [3.8, 4) is 0 Å². The monoisotopic (exact) mass is 325 g/mol. The van der Waals surface area contributed by atoms with Gasteiger partial charge in [-0.1, -0.05) is 12.1 Å². The van der Waals surface area contributed by atoms with E-state index in [4.69, 9.17) is 0 Å². The zero-order valence-corrected chi connectivity index (χ0v) is 11.4. The maximum Gasteiger partial charge on any atom is 0.228 e. The molecule has 0 aliphatic rings. The molecule has 2 rings (SSSR count). The van der Waals surface area contributed by atoms with Gasteiger partial charge in [0, 0.05) is 4.47 Å². The Kier molecular flexibility index (Phi) is 4.27. The van der Waals surface area contributed by atoms with Crippen LogP contribution in [0.2, 0.25) is 0 Å². The third-order valence-corrected chi connectivity index (χ3v) is 3.15. The summed E-state index contributed by atoms with van der Waals surface area (Å²) < 4.78 is 26.6. The molecule has 19 heavy (non-hydrogen) atoms. The topological polar surface area (TPSA) is 29.1 Å². The second-order valence-corrected chi connectivity index (χ2v) is 4.83. The van der Waals surface area contributed by atoms with Gasteiger partial charge in [-0.3, -0.25) is 4.79 Å². The highest BCUT2D eigenvalue weighted by Crippen LogP contribution is 2.23. The van der Waals surface area contributed by atoms with Crippen LogP contribution in [0.4, 0.5) is 14.5 Å². The Bertz CT molecular complexity index is 616. The molecule has 5 heteroatoms. The number of halogens is 3. The maximum atomic E-state index is 13.1. The van der Waals surface area contributed by atoms with Crippen molar-refractivity contribution in [2.45, 2.75) is 6.42 Å². The first-order valence-electron chi connectivity index (χ1n) is 5.54. The number of rotatable bonds is 3. The molecule has 2 aromatic rings. The van der Waals surface area contributed by atoms with Crippen molar-refractivity contribution < 1.29 is 13.6 Å². The molecule has 0 saturated carbocycles. The summed E-state index contributed by atoms with van der Waals surface area (Å²) in [5.74, 6) is -1.17. The van der Waals surface area contributed by atoms with Gasteiger partial charge < -0.3 is 5.32 Å². The highest BCUT2D eigenvalue weighted by molar-refractivity contribution is 9.10. The van der Waals surface area contributed by atoms with Gasteiger partial charge in [0.05, 0.1) is 12.1 Å². The van der Waals surface area contributed by atoms with Crippen LogP contribution < -0.4 is 5.32 Å². The normalized spacial score (nSPS) is 10.3. The SMILES string of the molecule is O=C(Cc1cccc(F)c1)Nc1cc(F)ccc1Br. The minimum Gasteiger partial charge on any atom is -0.325 e. The van der Waals surface area contributed by atoms with Crippen molar-refractivity contribution in [2.24, 2.45) is 0 Å². The van der Waals surface area contributed by atoms with E-state index in [1.54, 1.807) is 6.07 Å². The molecule has 0 saturated heterocycles. The largest absolute Gasteiger partial charge is 0.325 e. The lowest BCUT2D eigenvalue weighted by molar-refractivity contribution is -0.115. The number of amides is 1. The summed E-state index contributed by atoms with van der Waals surface area (Å²) in [7, 11) is 0. The van der Waals surface area contributed by atoms with Crippen LogP contribution in [0.5, 0.6) is 0 Å². The molecule has 0 aromatic heterocycles. The molecule has 0 fully saturated rings. The van der Waals surface area contributed by atoms with Gasteiger partial charge in [0.2, 0.25) is 5.91 Å². The van der Waals surface area contributed by atoms with Crippen LogP contribution in [-0.4, -0.2) is 5.91 Å². The maximum absolute atomic E-state index is 13.1. The van der Waals surface area contributed by atoms with Crippen molar-refractivity contribution in [1.29, 1.82) is 0 Å². The van der Waals surface area contributed by atoms with Crippen molar-refractivity contribution in [3.05, 3.63) is 64.1 Å². The number of nitrogens with one attached hydrogen (secondary N) is 1. The number of hydrogen-bond donors (Lipinski definition) is 1. The minimum absolute atomic E-state index is 0.0285. The highest BCUT2D eigenvalue weighted by Gasteiger charge is 2.08. The fourth-order valence-electron chi connectivity index (χ4n) is 1.62. The van der Waals surface area contributed by atoms with E-state index in [9.17, 15) is 13.6 Å². The third-order valence-electron chi connectivity index (χ3n) is 2.46. The van der Waals surface area contributed by atoms with E-state index in [0.29, 0.717) is 15.7 Å². The lowest BCUT2D eigenvalue weighted by Crippen LogP contribution is -2.15. The summed E-state index contributed by atoms with van der Waals surface area (Å²) in [6.45, 7) is 0. The van der Waals surface area contributed by atoms with Gasteiger partial charge in [-0.05, 0) is 51.8 Å². The van der Waals surface area contributed by atoms with Gasteiger partial charge in [-0.25, -0.2) is 8.78 Å². The summed E-state index contributed by atoms with van der Waals surface area (Å²) >= 11 is 3.21. The van der Waals surface area contributed by atoms with Gasteiger partial charge in [-0.2, -0.15) is 0 Å². The first-order chi connectivity index (χ1) is 9.04. The fourth-order valence-corrected chi connectivity index (χ4v) is 1.97. The molecule has 1 amide bonds. The third kappa shape index (κ3) is 3.86. The second-order valence-electron chi connectivity index (χ2n) is 3.98. The van der Waals surface area contributed by atoms with Crippen LogP contribution >= 0.6 is 15.9 Å². The number of hydrogen-bond acceptors (Lipinski definition) is 1. The van der Waals surface area contributed by atoms with Crippen LogP contribution in [0, 0.1) is 11.6 Å². The number of carbonyl (C=O) groups is 1. The molecule has 0 aliphatic carbocycles. The quantitative estimate of drug-likeness (QED) is 0.910. The predicted octanol–water partition coefficient (Wildman–Crippen LogP) is 3.91. The Morgan fingerprint density at radius 2 is 1.84 bits per heavy atom. The molecule has 0 unspecified atom stereocenters. The summed E-state index contributed by atoms with van der Waals surface area (Å²) in [5.41, 5.74) is 0.909. The summed E-state index contributed by atoms with van der Waals surface area (Å²) in [4.78, 5) is 11.8. The molecule has 0 bridgehead atoms. The lowest BCUT2D eigenvalue weighted by atomic mass is 10.1. The molecule has 1 N–H and O–H groups in total. The summed E-state index contributed by atoms with van der Waals surface area (Å²) in [6.07, 6.45) is 0.0285. The molecule has 0 radical (unpaired) electrons. The van der Waals surface area contributed by atoms with E-state index in [2.05, 4.69) is 21.2 Å². The smallest absolute Gasteiger partial charge is 0.228 e. The van der Waals surface area contributed by atoms with E-state index in [-0.39, 0.29) is 12.3 Å². The Labute approximate surface area is 117 Å². The van der Waals surface area contributed by atoms with Crippen LogP contribution in [-0.2, 0) is 11.2 Å². The molecule has 0 aliphatic heterocycles. The Hall–Kier alpha value is -1.75. The Balaban J connectivity index is 2.07. The molecule has 98 valence electrons. The average molecular weight is 326 g/mol. The summed E-state index contributed by atoms with van der Waals surface area (Å²) in [6, 6.07) is 9.80. The van der Waals surface area contributed by atoms with E-state index in [1.807, 2.05) is 0 Å². The zero-order valence-electron chi connectivity index (χ0n) is 9.79. The average Bonchev–Trinajstić information content (AvgIpc) is 2.34. The second kappa shape index (κ2) is 5.93.